The van der Waals surface area contributed by atoms with Gasteiger partial charge in [0.15, 0.2) is 0 Å². The lowest BCUT2D eigenvalue weighted by molar-refractivity contribution is -0.140. The van der Waals surface area contributed by atoms with Crippen LogP contribution in [0.4, 0.5) is 0 Å². The number of methoxy groups -OCH3 is 2. The third kappa shape index (κ3) is 5.20. The van der Waals surface area contributed by atoms with Gasteiger partial charge in [-0.3, -0.25) is 9.59 Å². The summed E-state index contributed by atoms with van der Waals surface area (Å²) in [6.07, 6.45) is 0.726. The van der Waals surface area contributed by atoms with Gasteiger partial charge in [-0.1, -0.05) is 26.0 Å². The van der Waals surface area contributed by atoms with Crippen LogP contribution >= 0.6 is 0 Å². The maximum absolute atomic E-state index is 13.1. The lowest BCUT2D eigenvalue weighted by atomic mass is 9.95. The number of amides is 1. The highest BCUT2D eigenvalue weighted by Crippen LogP contribution is 2.40. The van der Waals surface area contributed by atoms with Crippen molar-refractivity contribution in [3.63, 3.8) is 0 Å². The van der Waals surface area contributed by atoms with Crippen LogP contribution in [0.15, 0.2) is 54.1 Å². The number of carbonyl (C=O) groups excluding carboxylic acids is 2. The first-order chi connectivity index (χ1) is 15.9. The van der Waals surface area contributed by atoms with Crippen LogP contribution < -0.4 is 9.47 Å². The summed E-state index contributed by atoms with van der Waals surface area (Å²) in [5.41, 5.74) is 1.29. The van der Waals surface area contributed by atoms with E-state index in [2.05, 4.69) is 18.7 Å². The molecule has 7 heteroatoms. The van der Waals surface area contributed by atoms with Gasteiger partial charge in [0.1, 0.15) is 17.3 Å². The van der Waals surface area contributed by atoms with E-state index >= 15 is 0 Å². The zero-order valence-electron chi connectivity index (χ0n) is 19.7. The van der Waals surface area contributed by atoms with Crippen LogP contribution in [0, 0.1) is 0 Å². The van der Waals surface area contributed by atoms with Crippen LogP contribution in [0.3, 0.4) is 0 Å². The van der Waals surface area contributed by atoms with E-state index in [1.807, 2.05) is 12.1 Å². The molecule has 1 fully saturated rings. The van der Waals surface area contributed by atoms with E-state index in [1.165, 1.54) is 0 Å². The van der Waals surface area contributed by atoms with Crippen molar-refractivity contribution in [3.8, 4) is 11.5 Å². The van der Waals surface area contributed by atoms with Crippen molar-refractivity contribution in [2.75, 3.05) is 40.4 Å². The molecule has 2 aromatic carbocycles. The first-order valence-corrected chi connectivity index (χ1v) is 11.2. The number of ether oxygens (including phenoxy) is 2. The van der Waals surface area contributed by atoms with Gasteiger partial charge in [0, 0.05) is 12.1 Å². The van der Waals surface area contributed by atoms with Gasteiger partial charge in [0.2, 0.25) is 0 Å². The van der Waals surface area contributed by atoms with E-state index in [4.69, 9.17) is 9.47 Å². The molecule has 1 amide bonds. The first-order valence-electron chi connectivity index (χ1n) is 11.2. The molecule has 1 N–H and O–H groups in total. The minimum atomic E-state index is -0.674. The molecular formula is C26H32N2O5. The van der Waals surface area contributed by atoms with Crippen molar-refractivity contribution in [2.45, 2.75) is 26.3 Å². The smallest absolute Gasteiger partial charge is 0.295 e. The Balaban J connectivity index is 2.01. The molecule has 33 heavy (non-hydrogen) atoms. The van der Waals surface area contributed by atoms with Crippen LogP contribution in [0.2, 0.25) is 0 Å². The maximum Gasteiger partial charge on any atom is 0.295 e. The minimum Gasteiger partial charge on any atom is -0.507 e. The van der Waals surface area contributed by atoms with Crippen molar-refractivity contribution in [3.05, 3.63) is 65.2 Å². The molecule has 176 valence electrons. The SMILES string of the molecule is CCN(CC)CCCN1C(=O)C(=O)C(=C(O)c2ccc(OC)cc2)[C@@H]1c1ccc(OC)cc1. The largest absolute Gasteiger partial charge is 0.507 e. The van der Waals surface area contributed by atoms with Crippen molar-refractivity contribution in [1.82, 2.24) is 9.80 Å². The number of hydrogen-bond acceptors (Lipinski definition) is 6. The molecule has 2 aromatic rings. The number of hydrogen-bond donors (Lipinski definition) is 1. The number of ketones is 1. The molecule has 1 aliphatic heterocycles. The number of Topliss-reactive ketones (excluding diaryl/α,β-unsaturated/α-hetero) is 1. The highest BCUT2D eigenvalue weighted by Gasteiger charge is 2.45. The van der Waals surface area contributed by atoms with E-state index in [1.54, 1.807) is 55.5 Å². The van der Waals surface area contributed by atoms with E-state index in [9.17, 15) is 14.7 Å². The standard InChI is InChI=1S/C26H32N2O5/c1-5-27(6-2)16-7-17-28-23(18-8-12-20(32-3)13-9-18)22(25(30)26(28)31)24(29)19-10-14-21(33-4)15-11-19/h8-15,23,29H,5-7,16-17H2,1-4H3/t23-/m0/s1. The highest BCUT2D eigenvalue weighted by atomic mass is 16.5. The Hall–Kier alpha value is -3.32. The van der Waals surface area contributed by atoms with Gasteiger partial charge >= 0.3 is 0 Å². The van der Waals surface area contributed by atoms with Crippen molar-refractivity contribution in [1.29, 1.82) is 0 Å². The van der Waals surface area contributed by atoms with Crippen LogP contribution in [0.5, 0.6) is 11.5 Å². The van der Waals surface area contributed by atoms with Crippen LogP contribution in [0.1, 0.15) is 37.4 Å². The number of likely N-dealkylation sites (tertiary alicyclic amines) is 1. The summed E-state index contributed by atoms with van der Waals surface area (Å²) in [4.78, 5) is 30.0. The Labute approximate surface area is 195 Å². The fourth-order valence-corrected chi connectivity index (χ4v) is 4.15. The van der Waals surface area contributed by atoms with E-state index in [0.717, 1.165) is 31.6 Å². The summed E-state index contributed by atoms with van der Waals surface area (Å²) < 4.78 is 10.4. The molecule has 0 saturated carbocycles. The molecule has 0 bridgehead atoms. The normalized spacial score (nSPS) is 17.6. The van der Waals surface area contributed by atoms with E-state index in [-0.39, 0.29) is 11.3 Å². The van der Waals surface area contributed by atoms with Gasteiger partial charge in [-0.15, -0.1) is 0 Å². The zero-order valence-corrected chi connectivity index (χ0v) is 19.7. The lowest BCUT2D eigenvalue weighted by Crippen LogP contribution is -2.33. The van der Waals surface area contributed by atoms with Gasteiger partial charge in [-0.25, -0.2) is 0 Å². The van der Waals surface area contributed by atoms with Gasteiger partial charge in [0.25, 0.3) is 11.7 Å². The van der Waals surface area contributed by atoms with Crippen LogP contribution in [0.25, 0.3) is 5.76 Å². The van der Waals surface area contributed by atoms with Gasteiger partial charge in [-0.05, 0) is 68.0 Å². The average Bonchev–Trinajstić information content (AvgIpc) is 3.11. The topological polar surface area (TPSA) is 79.3 Å². The summed E-state index contributed by atoms with van der Waals surface area (Å²) >= 11 is 0. The molecule has 0 unspecified atom stereocenters. The number of aliphatic hydroxyl groups excluding tert-OH is 1. The average molecular weight is 453 g/mol. The predicted molar refractivity (Wildman–Crippen MR) is 127 cm³/mol. The minimum absolute atomic E-state index is 0.0955. The fraction of sp³-hybridized carbons (Fsp3) is 0.385. The molecule has 0 aromatic heterocycles. The van der Waals surface area contributed by atoms with Gasteiger partial charge < -0.3 is 24.4 Å². The number of benzene rings is 2. The highest BCUT2D eigenvalue weighted by molar-refractivity contribution is 6.46. The Kier molecular flexibility index (Phi) is 8.11. The molecule has 3 rings (SSSR count). The second-order valence-electron chi connectivity index (χ2n) is 7.87. The molecule has 1 atom stereocenters. The second-order valence-corrected chi connectivity index (χ2v) is 7.87. The summed E-state index contributed by atoms with van der Waals surface area (Å²) in [6, 6.07) is 13.3. The van der Waals surface area contributed by atoms with Gasteiger partial charge in [0.05, 0.1) is 25.8 Å². The lowest BCUT2D eigenvalue weighted by Gasteiger charge is -2.27. The molecule has 7 nitrogen and oxygen atoms in total. The first kappa shape index (κ1) is 24.3. The quantitative estimate of drug-likeness (QED) is 0.335. The maximum atomic E-state index is 13.1. The Bertz CT molecular complexity index is 994. The predicted octanol–water partition coefficient (Wildman–Crippen LogP) is 3.86. The van der Waals surface area contributed by atoms with Crippen LogP contribution in [-0.4, -0.2) is 67.0 Å². The number of rotatable bonds is 10. The molecule has 0 radical (unpaired) electrons. The van der Waals surface area contributed by atoms with Crippen molar-refractivity contribution < 1.29 is 24.2 Å². The fourth-order valence-electron chi connectivity index (χ4n) is 4.15. The third-order valence-electron chi connectivity index (χ3n) is 6.10. The van der Waals surface area contributed by atoms with Gasteiger partial charge in [-0.2, -0.15) is 0 Å². The summed E-state index contributed by atoms with van der Waals surface area (Å²) in [5, 5.41) is 11.1. The molecule has 1 saturated heterocycles. The van der Waals surface area contributed by atoms with Crippen molar-refractivity contribution >= 4 is 17.4 Å². The number of aliphatic hydroxyl groups is 1. The monoisotopic (exact) mass is 452 g/mol. The number of carbonyl (C=O) groups is 2. The molecule has 0 spiro atoms. The van der Waals surface area contributed by atoms with Crippen molar-refractivity contribution in [2.24, 2.45) is 0 Å². The molecular weight excluding hydrogens is 420 g/mol. The summed E-state index contributed by atoms with van der Waals surface area (Å²) in [5.74, 6) is -0.150. The molecule has 1 aliphatic rings. The van der Waals surface area contributed by atoms with E-state index < -0.39 is 17.7 Å². The number of nitrogens with zero attached hydrogens (tertiary/aromatic N) is 2. The Morgan fingerprint density at radius 2 is 1.48 bits per heavy atom. The van der Waals surface area contributed by atoms with E-state index in [0.29, 0.717) is 23.6 Å². The second kappa shape index (κ2) is 11.0. The van der Waals surface area contributed by atoms with Crippen LogP contribution in [-0.2, 0) is 9.59 Å². The molecule has 1 heterocycles. The molecule has 0 aliphatic carbocycles. The summed E-state index contributed by atoms with van der Waals surface area (Å²) in [7, 11) is 3.14. The third-order valence-corrected chi connectivity index (χ3v) is 6.10. The Morgan fingerprint density at radius 3 is 2.00 bits per heavy atom. The Morgan fingerprint density at radius 1 is 0.939 bits per heavy atom. The zero-order chi connectivity index (χ0) is 24.0. The summed E-state index contributed by atoms with van der Waals surface area (Å²) in [6.45, 7) is 7.29.